The van der Waals surface area contributed by atoms with Crippen LogP contribution in [0.25, 0.3) is 5.82 Å². The summed E-state index contributed by atoms with van der Waals surface area (Å²) in [6.45, 7) is 5.06. The van der Waals surface area contributed by atoms with Crippen molar-refractivity contribution in [3.05, 3.63) is 46.0 Å². The third-order valence-corrected chi connectivity index (χ3v) is 3.55. The zero-order valence-electron chi connectivity index (χ0n) is 11.1. The maximum atomic E-state index is 12.4. The van der Waals surface area contributed by atoms with Gasteiger partial charge in [-0.3, -0.25) is 14.8 Å². The van der Waals surface area contributed by atoms with Crippen LogP contribution in [0.3, 0.4) is 0 Å². The number of H-pyrrole nitrogens is 1. The molecule has 0 saturated carbocycles. The Morgan fingerprint density at radius 2 is 2.32 bits per heavy atom. The van der Waals surface area contributed by atoms with Gasteiger partial charge in [-0.25, -0.2) is 9.67 Å². The minimum absolute atomic E-state index is 0.0462. The number of aromatic amines is 1. The molecule has 0 fully saturated rings. The molecule has 0 saturated heterocycles. The second-order valence-electron chi connectivity index (χ2n) is 4.92. The van der Waals surface area contributed by atoms with Crippen molar-refractivity contribution in [2.45, 2.75) is 26.3 Å². The normalized spacial score (nSPS) is 15.4. The van der Waals surface area contributed by atoms with Crippen LogP contribution in [0.1, 0.15) is 24.6 Å². The van der Waals surface area contributed by atoms with E-state index in [1.54, 1.807) is 10.9 Å². The molecule has 1 aliphatic rings. The van der Waals surface area contributed by atoms with Gasteiger partial charge in [0.1, 0.15) is 0 Å². The Labute approximate surface area is 111 Å². The fourth-order valence-electron chi connectivity index (χ4n) is 2.63. The average molecular weight is 258 g/mol. The number of hydrogen-bond donors (Lipinski definition) is 1. The first kappa shape index (κ1) is 12.2. The smallest absolute Gasteiger partial charge is 0.276 e. The Morgan fingerprint density at radius 1 is 1.42 bits per heavy atom. The first-order valence-corrected chi connectivity index (χ1v) is 6.76. The van der Waals surface area contributed by atoms with E-state index in [0.717, 1.165) is 43.7 Å². The molecule has 0 aliphatic carbocycles. The van der Waals surface area contributed by atoms with Gasteiger partial charge in [-0.2, -0.15) is 0 Å². The lowest BCUT2D eigenvalue weighted by Gasteiger charge is -2.25. The number of pyridine rings is 1. The van der Waals surface area contributed by atoms with Crippen molar-refractivity contribution >= 4 is 0 Å². The summed E-state index contributed by atoms with van der Waals surface area (Å²) >= 11 is 0. The first-order valence-electron chi connectivity index (χ1n) is 6.76. The van der Waals surface area contributed by atoms with Crippen molar-refractivity contribution in [1.29, 1.82) is 0 Å². The van der Waals surface area contributed by atoms with Crippen molar-refractivity contribution in [1.82, 2.24) is 19.7 Å². The second-order valence-corrected chi connectivity index (χ2v) is 4.92. The molecular formula is C14H18N4O. The minimum Gasteiger partial charge on any atom is -0.297 e. The first-order chi connectivity index (χ1) is 9.29. The van der Waals surface area contributed by atoms with Crippen LogP contribution < -0.4 is 5.56 Å². The van der Waals surface area contributed by atoms with Gasteiger partial charge < -0.3 is 0 Å². The average Bonchev–Trinajstić information content (AvgIpc) is 2.77. The second kappa shape index (κ2) is 5.01. The van der Waals surface area contributed by atoms with E-state index in [-0.39, 0.29) is 5.56 Å². The quantitative estimate of drug-likeness (QED) is 0.903. The van der Waals surface area contributed by atoms with E-state index in [0.29, 0.717) is 5.82 Å². The predicted octanol–water partition coefficient (Wildman–Crippen LogP) is 1.33. The number of hydrogen-bond acceptors (Lipinski definition) is 3. The van der Waals surface area contributed by atoms with E-state index < -0.39 is 0 Å². The largest absolute Gasteiger partial charge is 0.297 e. The molecule has 0 unspecified atom stereocenters. The molecule has 2 aromatic heterocycles. The van der Waals surface area contributed by atoms with E-state index >= 15 is 0 Å². The molecule has 1 aliphatic heterocycles. The molecule has 0 aromatic carbocycles. The van der Waals surface area contributed by atoms with E-state index in [4.69, 9.17) is 0 Å². The molecule has 1 N–H and O–H groups in total. The fraction of sp³-hybridized carbons (Fsp3) is 0.429. The van der Waals surface area contributed by atoms with Crippen LogP contribution in [0.15, 0.2) is 29.2 Å². The molecule has 5 heteroatoms. The SMILES string of the molecule is CCCN1CCc2c([nH]n(-c3ccccn3)c2=O)C1. The fourth-order valence-corrected chi connectivity index (χ4v) is 2.63. The van der Waals surface area contributed by atoms with Crippen molar-refractivity contribution in [2.24, 2.45) is 0 Å². The highest BCUT2D eigenvalue weighted by molar-refractivity contribution is 5.27. The Bertz CT molecular complexity index is 614. The maximum absolute atomic E-state index is 12.4. The lowest BCUT2D eigenvalue weighted by atomic mass is 10.1. The monoisotopic (exact) mass is 258 g/mol. The molecule has 0 spiro atoms. The van der Waals surface area contributed by atoms with Crippen LogP contribution in [-0.4, -0.2) is 32.8 Å². The van der Waals surface area contributed by atoms with Gasteiger partial charge in [0.15, 0.2) is 5.82 Å². The maximum Gasteiger partial charge on any atom is 0.276 e. The number of rotatable bonds is 3. The highest BCUT2D eigenvalue weighted by Crippen LogP contribution is 2.15. The van der Waals surface area contributed by atoms with Crippen LogP contribution in [0.2, 0.25) is 0 Å². The summed E-state index contributed by atoms with van der Waals surface area (Å²) in [7, 11) is 0. The van der Waals surface area contributed by atoms with Crippen LogP contribution in [0.5, 0.6) is 0 Å². The summed E-state index contributed by atoms with van der Waals surface area (Å²) in [6, 6.07) is 5.57. The van der Waals surface area contributed by atoms with E-state index in [1.807, 2.05) is 18.2 Å². The van der Waals surface area contributed by atoms with Crippen molar-refractivity contribution in [2.75, 3.05) is 13.1 Å². The van der Waals surface area contributed by atoms with Crippen molar-refractivity contribution < 1.29 is 0 Å². The van der Waals surface area contributed by atoms with Gasteiger partial charge in [0.2, 0.25) is 0 Å². The lowest BCUT2D eigenvalue weighted by molar-refractivity contribution is 0.251. The molecule has 0 atom stereocenters. The van der Waals surface area contributed by atoms with Gasteiger partial charge in [0, 0.05) is 24.8 Å². The molecule has 100 valence electrons. The third kappa shape index (κ3) is 2.21. The standard InChI is InChI=1S/C14H18N4O/c1-2-8-17-9-6-11-12(10-17)16-18(14(11)19)13-5-3-4-7-15-13/h3-5,7,16H,2,6,8-10H2,1H3. The number of fused-ring (bicyclic) bond motifs is 1. The Balaban J connectivity index is 1.96. The summed E-state index contributed by atoms with van der Waals surface area (Å²) in [5.41, 5.74) is 2.00. The van der Waals surface area contributed by atoms with Crippen molar-refractivity contribution in [3.8, 4) is 5.82 Å². The summed E-state index contributed by atoms with van der Waals surface area (Å²) in [6.07, 6.45) is 3.66. The zero-order chi connectivity index (χ0) is 13.2. The molecule has 3 heterocycles. The Kier molecular flexibility index (Phi) is 3.21. The van der Waals surface area contributed by atoms with E-state index in [2.05, 4.69) is 21.9 Å². The molecule has 2 aromatic rings. The van der Waals surface area contributed by atoms with Crippen LogP contribution in [0, 0.1) is 0 Å². The van der Waals surface area contributed by atoms with Gasteiger partial charge in [-0.1, -0.05) is 13.0 Å². The van der Waals surface area contributed by atoms with Gasteiger partial charge in [-0.15, -0.1) is 0 Å². The van der Waals surface area contributed by atoms with Crippen LogP contribution in [-0.2, 0) is 13.0 Å². The summed E-state index contributed by atoms with van der Waals surface area (Å²) in [5, 5.41) is 3.21. The summed E-state index contributed by atoms with van der Waals surface area (Å²) in [5.74, 6) is 0.656. The highest BCUT2D eigenvalue weighted by Gasteiger charge is 2.22. The van der Waals surface area contributed by atoms with Crippen LogP contribution >= 0.6 is 0 Å². The van der Waals surface area contributed by atoms with Gasteiger partial charge >= 0.3 is 0 Å². The Hall–Kier alpha value is -1.88. The number of aromatic nitrogens is 3. The molecule has 0 radical (unpaired) electrons. The number of nitrogens with one attached hydrogen (secondary N) is 1. The Morgan fingerprint density at radius 3 is 3.05 bits per heavy atom. The third-order valence-electron chi connectivity index (χ3n) is 3.55. The minimum atomic E-state index is 0.0462. The van der Waals surface area contributed by atoms with Gasteiger partial charge in [0.05, 0.1) is 5.69 Å². The van der Waals surface area contributed by atoms with E-state index in [1.165, 1.54) is 0 Å². The highest BCUT2D eigenvalue weighted by atomic mass is 16.1. The summed E-state index contributed by atoms with van der Waals surface area (Å²) in [4.78, 5) is 19.0. The van der Waals surface area contributed by atoms with Crippen molar-refractivity contribution in [3.63, 3.8) is 0 Å². The molecule has 19 heavy (non-hydrogen) atoms. The zero-order valence-corrected chi connectivity index (χ0v) is 11.1. The predicted molar refractivity (Wildman–Crippen MR) is 73.5 cm³/mol. The summed E-state index contributed by atoms with van der Waals surface area (Å²) < 4.78 is 1.56. The molecule has 5 nitrogen and oxygen atoms in total. The number of nitrogens with zero attached hydrogens (tertiary/aromatic N) is 3. The van der Waals surface area contributed by atoms with Crippen LogP contribution in [0.4, 0.5) is 0 Å². The molecule has 0 bridgehead atoms. The molecule has 3 rings (SSSR count). The molecule has 0 amide bonds. The van der Waals surface area contributed by atoms with Gasteiger partial charge in [0.25, 0.3) is 5.56 Å². The lowest BCUT2D eigenvalue weighted by Crippen LogP contribution is -2.32. The van der Waals surface area contributed by atoms with E-state index in [9.17, 15) is 4.79 Å². The topological polar surface area (TPSA) is 53.9 Å². The van der Waals surface area contributed by atoms with Gasteiger partial charge in [-0.05, 0) is 31.5 Å². The molecular weight excluding hydrogens is 240 g/mol.